The molecule has 1 atom stereocenters. The largest absolute Gasteiger partial charge is 0.316 e. The van der Waals surface area contributed by atoms with Crippen molar-refractivity contribution >= 4 is 11.7 Å². The van der Waals surface area contributed by atoms with Crippen LogP contribution < -0.4 is 10.6 Å². The van der Waals surface area contributed by atoms with Crippen molar-refractivity contribution in [2.75, 3.05) is 18.4 Å². The Labute approximate surface area is 143 Å². The van der Waals surface area contributed by atoms with Crippen LogP contribution in [0.15, 0.2) is 30.3 Å². The lowest BCUT2D eigenvalue weighted by Gasteiger charge is -2.14. The second kappa shape index (κ2) is 6.40. The molecule has 0 bridgehead atoms. The van der Waals surface area contributed by atoms with Crippen molar-refractivity contribution in [2.45, 2.75) is 39.5 Å². The van der Waals surface area contributed by atoms with E-state index in [2.05, 4.69) is 50.5 Å². The Bertz CT molecular complexity index is 719. The third kappa shape index (κ3) is 3.51. The summed E-state index contributed by atoms with van der Waals surface area (Å²) in [6, 6.07) is 10.2. The lowest BCUT2D eigenvalue weighted by molar-refractivity contribution is -0.119. The van der Waals surface area contributed by atoms with Crippen molar-refractivity contribution in [3.8, 4) is 5.69 Å². The highest BCUT2D eigenvalue weighted by Gasteiger charge is 2.25. The number of nitrogens with one attached hydrogen (secondary N) is 2. The van der Waals surface area contributed by atoms with E-state index in [4.69, 9.17) is 5.10 Å². The van der Waals surface area contributed by atoms with E-state index < -0.39 is 0 Å². The van der Waals surface area contributed by atoms with E-state index in [1.54, 1.807) is 0 Å². The summed E-state index contributed by atoms with van der Waals surface area (Å²) in [5.41, 5.74) is 3.04. The summed E-state index contributed by atoms with van der Waals surface area (Å²) in [5.74, 6) is 0.832. The number of carbonyl (C=O) groups excluding carboxylic acids is 1. The number of rotatable bonds is 3. The van der Waals surface area contributed by atoms with E-state index in [0.29, 0.717) is 0 Å². The molecule has 1 aromatic heterocycles. The summed E-state index contributed by atoms with van der Waals surface area (Å²) in [6.07, 6.45) is 0.886. The van der Waals surface area contributed by atoms with Crippen LogP contribution in [0, 0.1) is 12.8 Å². The van der Waals surface area contributed by atoms with E-state index in [0.717, 1.165) is 36.7 Å². The molecule has 0 aliphatic carbocycles. The molecule has 0 radical (unpaired) electrons. The SMILES string of the molecule is Cc1ccc(-n2nc(C(C)(C)C)cc2NC(=O)C2CCNC2)cc1. The van der Waals surface area contributed by atoms with Crippen molar-refractivity contribution in [2.24, 2.45) is 5.92 Å². The highest BCUT2D eigenvalue weighted by molar-refractivity contribution is 5.92. The number of amides is 1. The van der Waals surface area contributed by atoms with Crippen molar-refractivity contribution in [1.29, 1.82) is 0 Å². The summed E-state index contributed by atoms with van der Waals surface area (Å²) in [5, 5.41) is 11.1. The number of nitrogens with zero attached hydrogens (tertiary/aromatic N) is 2. The van der Waals surface area contributed by atoms with E-state index in [-0.39, 0.29) is 17.2 Å². The number of carbonyl (C=O) groups is 1. The van der Waals surface area contributed by atoms with Gasteiger partial charge in [0.2, 0.25) is 5.91 Å². The van der Waals surface area contributed by atoms with Crippen molar-refractivity contribution in [3.05, 3.63) is 41.6 Å². The molecule has 2 heterocycles. The Morgan fingerprint density at radius 3 is 2.58 bits per heavy atom. The predicted octanol–water partition coefficient (Wildman–Crippen LogP) is 3.03. The first-order chi connectivity index (χ1) is 11.3. The molecule has 1 aliphatic heterocycles. The van der Waals surface area contributed by atoms with Gasteiger partial charge < -0.3 is 10.6 Å². The second-order valence-corrected chi connectivity index (χ2v) is 7.59. The van der Waals surface area contributed by atoms with Gasteiger partial charge in [0.05, 0.1) is 17.3 Å². The molecule has 1 saturated heterocycles. The summed E-state index contributed by atoms with van der Waals surface area (Å²) >= 11 is 0. The number of aryl methyl sites for hydroxylation is 1. The monoisotopic (exact) mass is 326 g/mol. The van der Waals surface area contributed by atoms with Crippen LogP contribution in [0.1, 0.15) is 38.4 Å². The number of benzene rings is 1. The van der Waals surface area contributed by atoms with E-state index in [1.165, 1.54) is 5.56 Å². The van der Waals surface area contributed by atoms with Crippen LogP contribution in [-0.2, 0) is 10.2 Å². The minimum absolute atomic E-state index is 0.0319. The van der Waals surface area contributed by atoms with Gasteiger partial charge in [-0.05, 0) is 32.0 Å². The van der Waals surface area contributed by atoms with Gasteiger partial charge in [-0.1, -0.05) is 38.5 Å². The molecule has 1 aromatic carbocycles. The Morgan fingerprint density at radius 1 is 1.29 bits per heavy atom. The Morgan fingerprint density at radius 2 is 2.00 bits per heavy atom. The van der Waals surface area contributed by atoms with Crippen LogP contribution >= 0.6 is 0 Å². The molecule has 2 N–H and O–H groups in total. The third-order valence-electron chi connectivity index (χ3n) is 4.44. The smallest absolute Gasteiger partial charge is 0.229 e. The Kier molecular flexibility index (Phi) is 4.45. The maximum absolute atomic E-state index is 12.5. The minimum Gasteiger partial charge on any atom is -0.316 e. The van der Waals surface area contributed by atoms with E-state index in [1.807, 2.05) is 22.9 Å². The van der Waals surface area contributed by atoms with E-state index in [9.17, 15) is 4.79 Å². The molecule has 128 valence electrons. The molecule has 1 aliphatic rings. The highest BCUT2D eigenvalue weighted by Crippen LogP contribution is 2.27. The van der Waals surface area contributed by atoms with Gasteiger partial charge in [0.25, 0.3) is 0 Å². The van der Waals surface area contributed by atoms with Gasteiger partial charge in [-0.2, -0.15) is 5.10 Å². The van der Waals surface area contributed by atoms with E-state index >= 15 is 0 Å². The molecule has 1 fully saturated rings. The zero-order chi connectivity index (χ0) is 17.3. The Hall–Kier alpha value is -2.14. The Balaban J connectivity index is 1.95. The second-order valence-electron chi connectivity index (χ2n) is 7.59. The third-order valence-corrected chi connectivity index (χ3v) is 4.44. The fourth-order valence-corrected chi connectivity index (χ4v) is 2.83. The molecular weight excluding hydrogens is 300 g/mol. The lowest BCUT2D eigenvalue weighted by atomic mass is 9.92. The van der Waals surface area contributed by atoms with Gasteiger partial charge in [0.15, 0.2) is 0 Å². The summed E-state index contributed by atoms with van der Waals surface area (Å²) in [7, 11) is 0. The van der Waals surface area contributed by atoms with Crippen LogP contribution in [0.2, 0.25) is 0 Å². The summed E-state index contributed by atoms with van der Waals surface area (Å²) in [6.45, 7) is 10.1. The van der Waals surface area contributed by atoms with Crippen LogP contribution in [0.25, 0.3) is 5.69 Å². The van der Waals surface area contributed by atoms with Gasteiger partial charge in [-0.15, -0.1) is 0 Å². The summed E-state index contributed by atoms with van der Waals surface area (Å²) < 4.78 is 1.83. The standard InChI is InChI=1S/C19H26N4O/c1-13-5-7-15(8-6-13)23-17(11-16(22-23)19(2,3)4)21-18(24)14-9-10-20-12-14/h5-8,11,14,20H,9-10,12H2,1-4H3,(H,21,24). The predicted molar refractivity (Wildman–Crippen MR) is 96.6 cm³/mol. The molecule has 0 saturated carbocycles. The van der Waals surface area contributed by atoms with Gasteiger partial charge in [-0.25, -0.2) is 4.68 Å². The molecule has 24 heavy (non-hydrogen) atoms. The van der Waals surface area contributed by atoms with Crippen molar-refractivity contribution in [1.82, 2.24) is 15.1 Å². The van der Waals surface area contributed by atoms with Crippen LogP contribution in [0.3, 0.4) is 0 Å². The molecule has 1 unspecified atom stereocenters. The van der Waals surface area contributed by atoms with Crippen molar-refractivity contribution in [3.63, 3.8) is 0 Å². The van der Waals surface area contributed by atoms with Gasteiger partial charge in [-0.3, -0.25) is 4.79 Å². The molecule has 5 heteroatoms. The normalized spacial score (nSPS) is 17.9. The first-order valence-corrected chi connectivity index (χ1v) is 8.54. The van der Waals surface area contributed by atoms with Crippen molar-refractivity contribution < 1.29 is 4.79 Å². The molecule has 3 rings (SSSR count). The highest BCUT2D eigenvalue weighted by atomic mass is 16.2. The first-order valence-electron chi connectivity index (χ1n) is 8.54. The average Bonchev–Trinajstić information content (AvgIpc) is 3.16. The first kappa shape index (κ1) is 16.7. The fourth-order valence-electron chi connectivity index (χ4n) is 2.83. The van der Waals surface area contributed by atoms with Gasteiger partial charge in [0, 0.05) is 18.0 Å². The van der Waals surface area contributed by atoms with Gasteiger partial charge >= 0.3 is 0 Å². The average molecular weight is 326 g/mol. The summed E-state index contributed by atoms with van der Waals surface area (Å²) in [4.78, 5) is 12.5. The molecular formula is C19H26N4O. The fraction of sp³-hybridized carbons (Fsp3) is 0.474. The van der Waals surface area contributed by atoms with Crippen LogP contribution in [0.4, 0.5) is 5.82 Å². The van der Waals surface area contributed by atoms with Crippen LogP contribution in [0.5, 0.6) is 0 Å². The zero-order valence-electron chi connectivity index (χ0n) is 14.9. The molecule has 2 aromatic rings. The lowest BCUT2D eigenvalue weighted by Crippen LogP contribution is -2.25. The number of hydrogen-bond acceptors (Lipinski definition) is 3. The topological polar surface area (TPSA) is 59.0 Å². The van der Waals surface area contributed by atoms with Crippen LogP contribution in [-0.4, -0.2) is 28.8 Å². The van der Waals surface area contributed by atoms with Gasteiger partial charge in [0.1, 0.15) is 5.82 Å². The minimum atomic E-state index is -0.0790. The number of anilines is 1. The molecule has 0 spiro atoms. The quantitative estimate of drug-likeness (QED) is 0.911. The number of hydrogen-bond donors (Lipinski definition) is 2. The molecule has 5 nitrogen and oxygen atoms in total. The maximum Gasteiger partial charge on any atom is 0.229 e. The zero-order valence-corrected chi connectivity index (χ0v) is 14.9. The number of aromatic nitrogens is 2. The molecule has 1 amide bonds. The maximum atomic E-state index is 12.5.